The molecule has 3 nitrogen and oxygen atoms in total. The molecule has 2 aromatic rings. The zero-order valence-electron chi connectivity index (χ0n) is 11.1. The maximum atomic E-state index is 12.0. The third-order valence-corrected chi connectivity index (χ3v) is 4.24. The third kappa shape index (κ3) is 4.83. The summed E-state index contributed by atoms with van der Waals surface area (Å²) in [4.78, 5) is 11.9. The molecule has 0 unspecified atom stereocenters. The van der Waals surface area contributed by atoms with E-state index < -0.39 is 6.61 Å². The number of rotatable bonds is 6. The van der Waals surface area contributed by atoms with Gasteiger partial charge < -0.3 is 10.1 Å². The van der Waals surface area contributed by atoms with Crippen LogP contribution < -0.4 is 10.1 Å². The smallest absolute Gasteiger partial charge is 0.387 e. The number of alkyl halides is 2. The Morgan fingerprint density at radius 1 is 1.27 bits per heavy atom. The number of carbonyl (C=O) groups is 1. The molecule has 0 aliphatic carbocycles. The average Bonchev–Trinajstić information content (AvgIpc) is 2.79. The Kier molecular flexibility index (Phi) is 5.99. The third-order valence-electron chi connectivity index (χ3n) is 2.75. The molecular weight excluding hydrogens is 355 g/mol. The number of thiophene rings is 1. The summed E-state index contributed by atoms with van der Waals surface area (Å²) in [6.45, 7) is -2.45. The van der Waals surface area contributed by atoms with E-state index >= 15 is 0 Å². The number of benzene rings is 1. The van der Waals surface area contributed by atoms with Gasteiger partial charge in [-0.25, -0.2) is 0 Å². The van der Waals surface area contributed by atoms with Gasteiger partial charge in [0.15, 0.2) is 0 Å². The van der Waals surface area contributed by atoms with Crippen molar-refractivity contribution in [3.8, 4) is 5.75 Å². The van der Waals surface area contributed by atoms with Crippen LogP contribution in [0.15, 0.2) is 30.3 Å². The van der Waals surface area contributed by atoms with E-state index in [4.69, 9.17) is 23.2 Å². The van der Waals surface area contributed by atoms with Crippen LogP contribution in [0.3, 0.4) is 0 Å². The van der Waals surface area contributed by atoms with Crippen LogP contribution in [-0.2, 0) is 6.42 Å². The van der Waals surface area contributed by atoms with E-state index in [1.165, 1.54) is 18.2 Å². The molecule has 0 aliphatic heterocycles. The van der Waals surface area contributed by atoms with Gasteiger partial charge in [0, 0.05) is 6.54 Å². The monoisotopic (exact) mass is 365 g/mol. The van der Waals surface area contributed by atoms with Gasteiger partial charge in [-0.15, -0.1) is 11.3 Å². The molecule has 22 heavy (non-hydrogen) atoms. The first-order valence-corrected chi connectivity index (χ1v) is 7.79. The molecule has 1 aromatic carbocycles. The van der Waals surface area contributed by atoms with Gasteiger partial charge in [0.1, 0.15) is 10.1 Å². The number of amides is 1. The average molecular weight is 366 g/mol. The Labute approximate surface area is 139 Å². The van der Waals surface area contributed by atoms with Crippen LogP contribution in [0.1, 0.15) is 15.9 Å². The van der Waals surface area contributed by atoms with Crippen molar-refractivity contribution in [3.05, 3.63) is 50.1 Å². The van der Waals surface area contributed by atoms with E-state index in [0.717, 1.165) is 16.9 Å². The Hall–Kier alpha value is -1.37. The summed E-state index contributed by atoms with van der Waals surface area (Å²) in [6, 6.07) is 7.76. The maximum Gasteiger partial charge on any atom is 0.387 e. The zero-order valence-corrected chi connectivity index (χ0v) is 13.4. The second-order valence-electron chi connectivity index (χ2n) is 4.27. The first kappa shape index (κ1) is 17.0. The predicted octanol–water partition coefficient (Wildman–Crippen LogP) is 4.63. The van der Waals surface area contributed by atoms with Gasteiger partial charge in [-0.2, -0.15) is 8.78 Å². The van der Waals surface area contributed by atoms with Crippen LogP contribution in [0.25, 0.3) is 0 Å². The number of ether oxygens (including phenoxy) is 1. The Bertz CT molecular complexity index is 647. The fourth-order valence-electron chi connectivity index (χ4n) is 1.75. The molecule has 118 valence electrons. The van der Waals surface area contributed by atoms with Crippen molar-refractivity contribution in [2.75, 3.05) is 6.54 Å². The lowest BCUT2D eigenvalue weighted by molar-refractivity contribution is -0.0498. The highest BCUT2D eigenvalue weighted by Crippen LogP contribution is 2.30. The molecule has 0 saturated heterocycles. The van der Waals surface area contributed by atoms with E-state index in [-0.39, 0.29) is 11.7 Å². The summed E-state index contributed by atoms with van der Waals surface area (Å²) < 4.78 is 29.1. The summed E-state index contributed by atoms with van der Waals surface area (Å²) in [6.07, 6.45) is 0.552. The van der Waals surface area contributed by atoms with Crippen molar-refractivity contribution in [2.24, 2.45) is 0 Å². The summed E-state index contributed by atoms with van der Waals surface area (Å²) in [5.41, 5.74) is 1.23. The van der Waals surface area contributed by atoms with Crippen LogP contribution in [0.5, 0.6) is 5.75 Å². The first-order chi connectivity index (χ1) is 10.5. The second-order valence-corrected chi connectivity index (χ2v) is 6.55. The number of carbonyl (C=O) groups excluding carboxylic acids is 1. The standard InChI is InChI=1S/C14H11Cl2F2NO2S/c15-11-7-10(12(16)22-11)13(20)19-6-5-8-1-3-9(4-2-8)21-14(17)18/h1-4,7,14H,5-6H2,(H,19,20). The molecule has 1 heterocycles. The molecule has 0 spiro atoms. The lowest BCUT2D eigenvalue weighted by atomic mass is 10.1. The second kappa shape index (κ2) is 7.76. The zero-order chi connectivity index (χ0) is 16.1. The van der Waals surface area contributed by atoms with Gasteiger partial charge >= 0.3 is 6.61 Å². The van der Waals surface area contributed by atoms with Gasteiger partial charge in [-0.3, -0.25) is 4.79 Å². The highest BCUT2D eigenvalue weighted by atomic mass is 35.5. The minimum absolute atomic E-state index is 0.0995. The summed E-state index contributed by atoms with van der Waals surface area (Å²) in [5, 5.41) is 2.72. The van der Waals surface area contributed by atoms with Crippen LogP contribution in [0.2, 0.25) is 8.67 Å². The molecule has 0 fully saturated rings. The topological polar surface area (TPSA) is 38.3 Å². The molecule has 2 rings (SSSR count). The van der Waals surface area contributed by atoms with Crippen LogP contribution in [0.4, 0.5) is 8.78 Å². The number of halogens is 4. The molecule has 0 bridgehead atoms. The van der Waals surface area contributed by atoms with Crippen molar-refractivity contribution in [1.82, 2.24) is 5.32 Å². The highest BCUT2D eigenvalue weighted by Gasteiger charge is 2.13. The minimum Gasteiger partial charge on any atom is -0.435 e. The molecule has 1 N–H and O–H groups in total. The quantitative estimate of drug-likeness (QED) is 0.810. The normalized spacial score (nSPS) is 10.8. The highest BCUT2D eigenvalue weighted by molar-refractivity contribution is 7.20. The predicted molar refractivity (Wildman–Crippen MR) is 83.5 cm³/mol. The fourth-order valence-corrected chi connectivity index (χ4v) is 3.21. The van der Waals surface area contributed by atoms with Gasteiger partial charge in [0.05, 0.1) is 9.90 Å². The number of nitrogens with one attached hydrogen (secondary N) is 1. The number of hydrogen-bond acceptors (Lipinski definition) is 3. The number of hydrogen-bond donors (Lipinski definition) is 1. The Morgan fingerprint density at radius 3 is 2.50 bits per heavy atom. The van der Waals surface area contributed by atoms with Crippen molar-refractivity contribution in [3.63, 3.8) is 0 Å². The van der Waals surface area contributed by atoms with E-state index in [0.29, 0.717) is 27.2 Å². The largest absolute Gasteiger partial charge is 0.435 e. The van der Waals surface area contributed by atoms with Gasteiger partial charge in [0.25, 0.3) is 5.91 Å². The van der Waals surface area contributed by atoms with E-state index in [9.17, 15) is 13.6 Å². The minimum atomic E-state index is -2.84. The van der Waals surface area contributed by atoms with Crippen LogP contribution >= 0.6 is 34.5 Å². The lowest BCUT2D eigenvalue weighted by Crippen LogP contribution is -2.25. The van der Waals surface area contributed by atoms with Crippen molar-refractivity contribution in [1.29, 1.82) is 0 Å². The van der Waals surface area contributed by atoms with Gasteiger partial charge in [-0.1, -0.05) is 35.3 Å². The molecule has 0 radical (unpaired) electrons. The Morgan fingerprint density at radius 2 is 1.95 bits per heavy atom. The van der Waals surface area contributed by atoms with E-state index in [1.807, 2.05) is 0 Å². The lowest BCUT2D eigenvalue weighted by Gasteiger charge is -2.07. The molecule has 0 atom stereocenters. The maximum absolute atomic E-state index is 12.0. The molecular formula is C14H11Cl2F2NO2S. The van der Waals surface area contributed by atoms with Gasteiger partial charge in [0.2, 0.25) is 0 Å². The molecule has 0 saturated carbocycles. The SMILES string of the molecule is O=C(NCCc1ccc(OC(F)F)cc1)c1cc(Cl)sc1Cl. The molecule has 1 amide bonds. The molecule has 1 aromatic heterocycles. The molecule has 0 aliphatic rings. The summed E-state index contributed by atoms with van der Waals surface area (Å²) >= 11 is 12.8. The van der Waals surface area contributed by atoms with Crippen LogP contribution in [0, 0.1) is 0 Å². The first-order valence-electron chi connectivity index (χ1n) is 6.22. The van der Waals surface area contributed by atoms with Crippen molar-refractivity contribution >= 4 is 40.4 Å². The molecule has 8 heteroatoms. The van der Waals surface area contributed by atoms with E-state index in [1.54, 1.807) is 12.1 Å². The fraction of sp³-hybridized carbons (Fsp3) is 0.214. The van der Waals surface area contributed by atoms with E-state index in [2.05, 4.69) is 10.1 Å². The van der Waals surface area contributed by atoms with Crippen molar-refractivity contribution < 1.29 is 18.3 Å². The van der Waals surface area contributed by atoms with Gasteiger partial charge in [-0.05, 0) is 30.2 Å². The van der Waals surface area contributed by atoms with Crippen LogP contribution in [-0.4, -0.2) is 19.1 Å². The summed E-state index contributed by atoms with van der Waals surface area (Å²) in [5.74, 6) is -0.201. The summed E-state index contributed by atoms with van der Waals surface area (Å²) in [7, 11) is 0. The Balaban J connectivity index is 1.83. The van der Waals surface area contributed by atoms with Crippen molar-refractivity contribution in [2.45, 2.75) is 13.0 Å².